The Hall–Kier alpha value is -0.440. The molecule has 1 atom stereocenters. The fourth-order valence-electron chi connectivity index (χ4n) is 0.604. The third-order valence-corrected chi connectivity index (χ3v) is 1.87. The van der Waals surface area contributed by atoms with Crippen LogP contribution in [-0.2, 0) is 9.53 Å². The van der Waals surface area contributed by atoms with Gasteiger partial charge in [-0.05, 0) is 11.8 Å². The number of hydrogen-bond acceptors (Lipinski definition) is 3. The quantitative estimate of drug-likeness (QED) is 0.544. The maximum atomic E-state index is 10.4. The number of rotatable bonds is 2. The summed E-state index contributed by atoms with van der Waals surface area (Å²) in [6.45, 7) is 2.03. The molecule has 0 saturated heterocycles. The zero-order valence-electron chi connectivity index (χ0n) is 5.16. The Kier molecular flexibility index (Phi) is 2.16. The van der Waals surface area contributed by atoms with E-state index in [1.807, 2.05) is 6.92 Å². The minimum absolute atomic E-state index is 0.0255. The summed E-state index contributed by atoms with van der Waals surface area (Å²) < 4.78 is 4.81. The lowest BCUT2D eigenvalue weighted by atomic mass is 10.6. The number of ether oxygens (including phenoxy) is 1. The van der Waals surface area contributed by atoms with Crippen LogP contribution in [0.4, 0.5) is 0 Å². The van der Waals surface area contributed by atoms with Crippen molar-refractivity contribution >= 4 is 17.7 Å². The van der Waals surface area contributed by atoms with Gasteiger partial charge in [0.25, 0.3) is 0 Å². The summed E-state index contributed by atoms with van der Waals surface area (Å²) in [4.78, 5) is 10.4. The van der Waals surface area contributed by atoms with Crippen LogP contribution in [-0.4, -0.2) is 17.2 Å². The maximum Gasteiger partial charge on any atom is 0.332 e. The molecular weight excluding hydrogens is 136 g/mol. The first-order chi connectivity index (χ1) is 4.33. The van der Waals surface area contributed by atoms with E-state index in [0.717, 1.165) is 5.75 Å². The molecule has 0 N–H and O–H groups in total. The standard InChI is InChI=1S/C6H8O2S/c1-2-9-6-4-3-5(7)8-6/h3-4,6H,2H2,1H3. The van der Waals surface area contributed by atoms with Gasteiger partial charge in [0.05, 0.1) is 0 Å². The van der Waals surface area contributed by atoms with Gasteiger partial charge in [-0.25, -0.2) is 4.79 Å². The Bertz CT molecular complexity index is 142. The van der Waals surface area contributed by atoms with Crippen LogP contribution >= 0.6 is 11.8 Å². The summed E-state index contributed by atoms with van der Waals surface area (Å²) in [6, 6.07) is 0. The highest BCUT2D eigenvalue weighted by Gasteiger charge is 2.14. The third-order valence-electron chi connectivity index (χ3n) is 0.953. The molecule has 0 amide bonds. The van der Waals surface area contributed by atoms with Gasteiger partial charge in [-0.1, -0.05) is 6.92 Å². The first kappa shape index (κ1) is 6.68. The molecule has 1 rings (SSSR count). The fourth-order valence-corrected chi connectivity index (χ4v) is 1.29. The summed E-state index contributed by atoms with van der Waals surface area (Å²) >= 11 is 1.61. The molecule has 0 fully saturated rings. The van der Waals surface area contributed by atoms with E-state index in [2.05, 4.69) is 0 Å². The monoisotopic (exact) mass is 144 g/mol. The smallest absolute Gasteiger partial charge is 0.332 e. The van der Waals surface area contributed by atoms with Gasteiger partial charge >= 0.3 is 5.97 Å². The van der Waals surface area contributed by atoms with E-state index in [4.69, 9.17) is 4.74 Å². The van der Waals surface area contributed by atoms with Crippen LogP contribution in [0.3, 0.4) is 0 Å². The predicted molar refractivity (Wildman–Crippen MR) is 37.2 cm³/mol. The molecule has 0 bridgehead atoms. The molecule has 0 radical (unpaired) electrons. The van der Waals surface area contributed by atoms with Gasteiger partial charge < -0.3 is 4.74 Å². The lowest BCUT2D eigenvalue weighted by Crippen LogP contribution is -2.02. The number of esters is 1. The van der Waals surface area contributed by atoms with Crippen molar-refractivity contribution in [3.63, 3.8) is 0 Å². The highest BCUT2D eigenvalue weighted by Crippen LogP contribution is 2.17. The Morgan fingerprint density at radius 3 is 3.11 bits per heavy atom. The van der Waals surface area contributed by atoms with Gasteiger partial charge in [-0.2, -0.15) is 0 Å². The lowest BCUT2D eigenvalue weighted by Gasteiger charge is -2.03. The van der Waals surface area contributed by atoms with E-state index in [1.165, 1.54) is 6.08 Å². The van der Waals surface area contributed by atoms with Crippen molar-refractivity contribution in [3.05, 3.63) is 12.2 Å². The largest absolute Gasteiger partial charge is 0.444 e. The molecule has 1 aliphatic heterocycles. The highest BCUT2D eigenvalue weighted by molar-refractivity contribution is 7.99. The van der Waals surface area contributed by atoms with Gasteiger partial charge in [0.1, 0.15) is 0 Å². The van der Waals surface area contributed by atoms with Crippen LogP contribution < -0.4 is 0 Å². The molecule has 9 heavy (non-hydrogen) atoms. The molecule has 2 nitrogen and oxygen atoms in total. The van der Waals surface area contributed by atoms with E-state index in [1.54, 1.807) is 17.8 Å². The van der Waals surface area contributed by atoms with E-state index >= 15 is 0 Å². The van der Waals surface area contributed by atoms with Crippen molar-refractivity contribution in [2.45, 2.75) is 12.4 Å². The van der Waals surface area contributed by atoms with E-state index < -0.39 is 0 Å². The second kappa shape index (κ2) is 2.92. The molecule has 3 heteroatoms. The van der Waals surface area contributed by atoms with Crippen molar-refractivity contribution in [2.24, 2.45) is 0 Å². The van der Waals surface area contributed by atoms with Gasteiger partial charge in [-0.15, -0.1) is 11.8 Å². The van der Waals surface area contributed by atoms with E-state index in [0.29, 0.717) is 0 Å². The van der Waals surface area contributed by atoms with Crippen LogP contribution in [0.2, 0.25) is 0 Å². The van der Waals surface area contributed by atoms with Crippen LogP contribution in [0.15, 0.2) is 12.2 Å². The van der Waals surface area contributed by atoms with Gasteiger partial charge in [0, 0.05) is 6.08 Å². The minimum atomic E-state index is -0.221. The van der Waals surface area contributed by atoms with Gasteiger partial charge in [0.2, 0.25) is 0 Å². The topological polar surface area (TPSA) is 26.3 Å². The van der Waals surface area contributed by atoms with Crippen LogP contribution in [0.25, 0.3) is 0 Å². The zero-order valence-corrected chi connectivity index (χ0v) is 5.98. The first-order valence-electron chi connectivity index (χ1n) is 2.83. The van der Waals surface area contributed by atoms with Crippen molar-refractivity contribution in [1.82, 2.24) is 0 Å². The summed E-state index contributed by atoms with van der Waals surface area (Å²) in [5.74, 6) is 0.753. The Morgan fingerprint density at radius 2 is 2.67 bits per heavy atom. The number of thioether (sulfide) groups is 1. The normalized spacial score (nSPS) is 24.6. The van der Waals surface area contributed by atoms with Gasteiger partial charge in [-0.3, -0.25) is 0 Å². The van der Waals surface area contributed by atoms with Crippen LogP contribution in [0.1, 0.15) is 6.92 Å². The molecule has 50 valence electrons. The van der Waals surface area contributed by atoms with Crippen molar-refractivity contribution in [3.8, 4) is 0 Å². The second-order valence-corrected chi connectivity index (χ2v) is 3.00. The Morgan fingerprint density at radius 1 is 1.89 bits per heavy atom. The minimum Gasteiger partial charge on any atom is -0.444 e. The van der Waals surface area contributed by atoms with Crippen molar-refractivity contribution < 1.29 is 9.53 Å². The number of carbonyl (C=O) groups is 1. The maximum absolute atomic E-state index is 10.4. The Balaban J connectivity index is 2.32. The predicted octanol–water partition coefficient (Wildman–Crippen LogP) is 1.18. The molecule has 0 aromatic carbocycles. The molecule has 0 aromatic rings. The van der Waals surface area contributed by atoms with Crippen LogP contribution in [0, 0.1) is 0 Å². The molecule has 0 aromatic heterocycles. The zero-order chi connectivity index (χ0) is 6.69. The summed E-state index contributed by atoms with van der Waals surface area (Å²) in [5, 5.41) is 0. The first-order valence-corrected chi connectivity index (χ1v) is 3.88. The second-order valence-electron chi connectivity index (χ2n) is 1.62. The molecule has 0 aliphatic carbocycles. The molecule has 1 unspecified atom stereocenters. The Labute approximate surface area is 58.3 Å². The van der Waals surface area contributed by atoms with E-state index in [9.17, 15) is 4.79 Å². The van der Waals surface area contributed by atoms with Gasteiger partial charge in [0.15, 0.2) is 5.44 Å². The number of cyclic esters (lactones) is 1. The van der Waals surface area contributed by atoms with Crippen molar-refractivity contribution in [1.29, 1.82) is 0 Å². The molecular formula is C6H8O2S. The van der Waals surface area contributed by atoms with Crippen molar-refractivity contribution in [2.75, 3.05) is 5.75 Å². The average molecular weight is 144 g/mol. The average Bonchev–Trinajstić information content (AvgIpc) is 2.17. The number of hydrogen-bond donors (Lipinski definition) is 0. The molecule has 0 spiro atoms. The van der Waals surface area contributed by atoms with E-state index in [-0.39, 0.29) is 11.4 Å². The highest BCUT2D eigenvalue weighted by atomic mass is 32.2. The summed E-state index contributed by atoms with van der Waals surface area (Å²) in [7, 11) is 0. The molecule has 1 aliphatic rings. The fraction of sp³-hybridized carbons (Fsp3) is 0.500. The third kappa shape index (κ3) is 1.75. The summed E-state index contributed by atoms with van der Waals surface area (Å²) in [5.41, 5.74) is -0.0255. The lowest BCUT2D eigenvalue weighted by molar-refractivity contribution is -0.135. The molecule has 0 saturated carbocycles. The molecule has 1 heterocycles. The SMILES string of the molecule is CCSC1C=CC(=O)O1. The summed E-state index contributed by atoms with van der Waals surface area (Å²) in [6.07, 6.45) is 3.24. The number of carbonyl (C=O) groups excluding carboxylic acids is 1. The van der Waals surface area contributed by atoms with Crippen LogP contribution in [0.5, 0.6) is 0 Å².